The third-order valence-corrected chi connectivity index (χ3v) is 3.76. The molecule has 2 atom stereocenters. The number of amides is 1. The second-order valence-electron chi connectivity index (χ2n) is 5.12. The Bertz CT molecular complexity index is 430. The van der Waals surface area contributed by atoms with Gasteiger partial charge in [-0.3, -0.25) is 4.79 Å². The van der Waals surface area contributed by atoms with Gasteiger partial charge >= 0.3 is 0 Å². The molecule has 0 unspecified atom stereocenters. The highest BCUT2D eigenvalue weighted by Crippen LogP contribution is 2.15. The van der Waals surface area contributed by atoms with E-state index in [0.717, 1.165) is 25.0 Å². The third-order valence-electron chi connectivity index (χ3n) is 3.51. The number of carbonyl (C=O) groups is 1. The molecule has 110 valence electrons. The van der Waals surface area contributed by atoms with Crippen molar-refractivity contribution >= 4 is 17.5 Å². The van der Waals surface area contributed by atoms with Gasteiger partial charge in [0.1, 0.15) is 0 Å². The zero-order chi connectivity index (χ0) is 14.4. The standard InChI is InChI=1S/C15H21ClN2O2/c1-11(14-3-2-8-20-14)17-10-15(19)18-9-12-4-6-13(16)7-5-12/h4-7,11,14,17H,2-3,8-10H2,1H3,(H,18,19)/t11-,14+/m0/s1. The number of benzene rings is 1. The van der Waals surface area contributed by atoms with Gasteiger partial charge in [0.25, 0.3) is 0 Å². The Morgan fingerprint density at radius 3 is 2.85 bits per heavy atom. The van der Waals surface area contributed by atoms with E-state index in [0.29, 0.717) is 18.1 Å². The molecule has 4 nitrogen and oxygen atoms in total. The first-order chi connectivity index (χ1) is 9.65. The van der Waals surface area contributed by atoms with Gasteiger partial charge in [-0.05, 0) is 37.5 Å². The smallest absolute Gasteiger partial charge is 0.234 e. The fourth-order valence-electron chi connectivity index (χ4n) is 2.25. The second kappa shape index (κ2) is 7.62. The molecule has 2 rings (SSSR count). The highest BCUT2D eigenvalue weighted by molar-refractivity contribution is 6.30. The normalized spacial score (nSPS) is 19.8. The number of halogens is 1. The summed E-state index contributed by atoms with van der Waals surface area (Å²) in [5, 5.41) is 6.79. The minimum Gasteiger partial charge on any atom is -0.377 e. The number of carbonyl (C=O) groups excluding carboxylic acids is 1. The number of ether oxygens (including phenoxy) is 1. The summed E-state index contributed by atoms with van der Waals surface area (Å²) < 4.78 is 5.58. The van der Waals surface area contributed by atoms with Gasteiger partial charge in [0.15, 0.2) is 0 Å². The molecule has 0 aromatic heterocycles. The molecule has 2 N–H and O–H groups in total. The summed E-state index contributed by atoms with van der Waals surface area (Å²) in [5.41, 5.74) is 1.04. The zero-order valence-corrected chi connectivity index (χ0v) is 12.5. The lowest BCUT2D eigenvalue weighted by Gasteiger charge is -2.19. The van der Waals surface area contributed by atoms with Crippen LogP contribution < -0.4 is 10.6 Å². The van der Waals surface area contributed by atoms with Crippen LogP contribution in [0.2, 0.25) is 5.02 Å². The van der Waals surface area contributed by atoms with E-state index >= 15 is 0 Å². The van der Waals surface area contributed by atoms with Crippen LogP contribution in [0.15, 0.2) is 24.3 Å². The molecule has 20 heavy (non-hydrogen) atoms. The Morgan fingerprint density at radius 2 is 2.20 bits per heavy atom. The SMILES string of the molecule is C[C@H](NCC(=O)NCc1ccc(Cl)cc1)[C@H]1CCCO1. The molecule has 1 aliphatic rings. The predicted octanol–water partition coefficient (Wildman–Crippen LogP) is 2.11. The first-order valence-electron chi connectivity index (χ1n) is 7.01. The van der Waals surface area contributed by atoms with Gasteiger partial charge in [0, 0.05) is 24.2 Å². The minimum atomic E-state index is -0.00945. The Kier molecular flexibility index (Phi) is 5.83. The molecule has 1 fully saturated rings. The topological polar surface area (TPSA) is 50.4 Å². The highest BCUT2D eigenvalue weighted by Gasteiger charge is 2.22. The van der Waals surface area contributed by atoms with E-state index in [4.69, 9.17) is 16.3 Å². The Hall–Kier alpha value is -1.10. The van der Waals surface area contributed by atoms with Crippen LogP contribution in [-0.4, -0.2) is 31.2 Å². The maximum Gasteiger partial charge on any atom is 0.234 e. The van der Waals surface area contributed by atoms with Crippen LogP contribution >= 0.6 is 11.6 Å². The molecule has 1 saturated heterocycles. The van der Waals surface area contributed by atoms with Gasteiger partial charge in [-0.25, -0.2) is 0 Å². The molecule has 0 aliphatic carbocycles. The Balaban J connectivity index is 1.66. The zero-order valence-electron chi connectivity index (χ0n) is 11.7. The second-order valence-corrected chi connectivity index (χ2v) is 5.56. The van der Waals surface area contributed by atoms with E-state index in [1.165, 1.54) is 0 Å². The maximum absolute atomic E-state index is 11.8. The van der Waals surface area contributed by atoms with Crippen LogP contribution in [0.3, 0.4) is 0 Å². The summed E-state index contributed by atoms with van der Waals surface area (Å²) in [6, 6.07) is 7.66. The molecule has 1 aliphatic heterocycles. The van der Waals surface area contributed by atoms with Crippen LogP contribution in [-0.2, 0) is 16.1 Å². The fourth-order valence-corrected chi connectivity index (χ4v) is 2.37. The van der Waals surface area contributed by atoms with Gasteiger partial charge in [-0.15, -0.1) is 0 Å². The summed E-state index contributed by atoms with van der Waals surface area (Å²) in [5.74, 6) is -0.00945. The molecule has 1 heterocycles. The summed E-state index contributed by atoms with van der Waals surface area (Å²) >= 11 is 5.81. The molecule has 0 saturated carbocycles. The fraction of sp³-hybridized carbons (Fsp3) is 0.533. The van der Waals surface area contributed by atoms with Crippen LogP contribution in [0, 0.1) is 0 Å². The molecule has 1 amide bonds. The average molecular weight is 297 g/mol. The summed E-state index contributed by atoms with van der Waals surface area (Å²) in [6.45, 7) is 3.72. The van der Waals surface area contributed by atoms with E-state index < -0.39 is 0 Å². The minimum absolute atomic E-state index is 0.00945. The third kappa shape index (κ3) is 4.78. The first kappa shape index (κ1) is 15.3. The maximum atomic E-state index is 11.8. The Labute approximate surface area is 124 Å². The van der Waals surface area contributed by atoms with Crippen molar-refractivity contribution in [3.63, 3.8) is 0 Å². The molecule has 0 spiro atoms. The van der Waals surface area contributed by atoms with E-state index in [1.54, 1.807) is 0 Å². The van der Waals surface area contributed by atoms with Crippen molar-refractivity contribution in [2.24, 2.45) is 0 Å². The van der Waals surface area contributed by atoms with Gasteiger partial charge in [0.2, 0.25) is 5.91 Å². The molecule has 0 bridgehead atoms. The molecular formula is C15H21ClN2O2. The van der Waals surface area contributed by atoms with Gasteiger partial charge in [-0.1, -0.05) is 23.7 Å². The lowest BCUT2D eigenvalue weighted by Crippen LogP contribution is -2.42. The molecule has 1 aromatic rings. The number of rotatable bonds is 6. The number of nitrogens with one attached hydrogen (secondary N) is 2. The van der Waals surface area contributed by atoms with Crippen LogP contribution in [0.25, 0.3) is 0 Å². The monoisotopic (exact) mass is 296 g/mol. The van der Waals surface area contributed by atoms with Crippen molar-refractivity contribution in [3.05, 3.63) is 34.9 Å². The molecule has 5 heteroatoms. The van der Waals surface area contributed by atoms with Gasteiger partial charge in [-0.2, -0.15) is 0 Å². The van der Waals surface area contributed by atoms with Crippen molar-refractivity contribution in [2.75, 3.05) is 13.2 Å². The molecule has 0 radical (unpaired) electrons. The number of hydrogen-bond donors (Lipinski definition) is 2. The van der Waals surface area contributed by atoms with Crippen LogP contribution in [0.4, 0.5) is 0 Å². The number of hydrogen-bond acceptors (Lipinski definition) is 3. The van der Waals surface area contributed by atoms with Gasteiger partial charge < -0.3 is 15.4 Å². The van der Waals surface area contributed by atoms with E-state index in [-0.39, 0.29) is 18.1 Å². The van der Waals surface area contributed by atoms with E-state index in [1.807, 2.05) is 24.3 Å². The van der Waals surface area contributed by atoms with E-state index in [2.05, 4.69) is 17.6 Å². The predicted molar refractivity (Wildman–Crippen MR) is 79.7 cm³/mol. The van der Waals surface area contributed by atoms with Crippen molar-refractivity contribution in [1.82, 2.24) is 10.6 Å². The summed E-state index contributed by atoms with van der Waals surface area (Å²) in [4.78, 5) is 11.8. The quantitative estimate of drug-likeness (QED) is 0.845. The Morgan fingerprint density at radius 1 is 1.45 bits per heavy atom. The average Bonchev–Trinajstić information content (AvgIpc) is 2.98. The van der Waals surface area contributed by atoms with Crippen molar-refractivity contribution < 1.29 is 9.53 Å². The molecular weight excluding hydrogens is 276 g/mol. The van der Waals surface area contributed by atoms with E-state index in [9.17, 15) is 4.79 Å². The van der Waals surface area contributed by atoms with Crippen molar-refractivity contribution in [1.29, 1.82) is 0 Å². The van der Waals surface area contributed by atoms with Crippen LogP contribution in [0.5, 0.6) is 0 Å². The summed E-state index contributed by atoms with van der Waals surface area (Å²) in [6.07, 6.45) is 2.42. The summed E-state index contributed by atoms with van der Waals surface area (Å²) in [7, 11) is 0. The first-order valence-corrected chi connectivity index (χ1v) is 7.39. The van der Waals surface area contributed by atoms with Crippen molar-refractivity contribution in [2.45, 2.75) is 38.5 Å². The molecule has 1 aromatic carbocycles. The van der Waals surface area contributed by atoms with Gasteiger partial charge in [0.05, 0.1) is 12.6 Å². The largest absolute Gasteiger partial charge is 0.377 e. The highest BCUT2D eigenvalue weighted by atomic mass is 35.5. The van der Waals surface area contributed by atoms with Crippen molar-refractivity contribution in [3.8, 4) is 0 Å². The lowest BCUT2D eigenvalue weighted by molar-refractivity contribution is -0.120. The van der Waals surface area contributed by atoms with Crippen LogP contribution in [0.1, 0.15) is 25.3 Å². The lowest BCUT2D eigenvalue weighted by atomic mass is 10.1.